The molecule has 2 rings (SSSR count). The van der Waals surface area contributed by atoms with Crippen LogP contribution in [-0.2, 0) is 0 Å². The maximum absolute atomic E-state index is 7.17. The predicted octanol–water partition coefficient (Wildman–Crippen LogP) is 2.18. The number of aromatic nitrogens is 3. The first-order valence-electron chi connectivity index (χ1n) is 5.42. The average Bonchev–Trinajstić information content (AvgIpc) is 2.86. The van der Waals surface area contributed by atoms with E-state index < -0.39 is 0 Å². The van der Waals surface area contributed by atoms with Crippen molar-refractivity contribution in [3.8, 4) is 11.4 Å². The Morgan fingerprint density at radius 2 is 2.17 bits per heavy atom. The highest BCUT2D eigenvalue weighted by atomic mass is 15.2. The van der Waals surface area contributed by atoms with Gasteiger partial charge in [0.1, 0.15) is 11.9 Å². The molecule has 0 N–H and O–H groups in total. The zero-order valence-corrected chi connectivity index (χ0v) is 10.3. The third-order valence-corrected chi connectivity index (χ3v) is 2.26. The molecule has 90 valence electrons. The lowest BCUT2D eigenvalue weighted by molar-refractivity contribution is 0.563. The summed E-state index contributed by atoms with van der Waals surface area (Å²) in [6.45, 7) is 7.17. The lowest BCUT2D eigenvalue weighted by Gasteiger charge is -2.06. The van der Waals surface area contributed by atoms with Crippen LogP contribution in [0.25, 0.3) is 22.1 Å². The molecule has 0 atom stereocenters. The Bertz CT molecular complexity index is 589. The third kappa shape index (κ3) is 2.55. The van der Waals surface area contributed by atoms with Gasteiger partial charge in [-0.3, -0.25) is 9.55 Å². The van der Waals surface area contributed by atoms with Crippen LogP contribution in [0, 0.1) is 6.57 Å². The number of imidazole rings is 1. The molecule has 0 aliphatic heterocycles. The summed E-state index contributed by atoms with van der Waals surface area (Å²) in [5.74, 6) is 0.495. The number of rotatable bonds is 3. The van der Waals surface area contributed by atoms with E-state index in [-0.39, 0.29) is 0 Å². The highest BCUT2D eigenvalue weighted by Gasteiger charge is 2.08. The minimum atomic E-state index is 0.495. The van der Waals surface area contributed by atoms with Gasteiger partial charge in [-0.15, -0.1) is 0 Å². The molecule has 2 aromatic rings. The van der Waals surface area contributed by atoms with E-state index in [1.54, 1.807) is 29.5 Å². The van der Waals surface area contributed by atoms with Gasteiger partial charge >= 0.3 is 0 Å². The first-order valence-corrected chi connectivity index (χ1v) is 5.42. The van der Waals surface area contributed by atoms with Gasteiger partial charge in [-0.25, -0.2) is 4.98 Å². The molecule has 0 fully saturated rings. The summed E-state index contributed by atoms with van der Waals surface area (Å²) in [5.41, 5.74) is 1.55. The monoisotopic (exact) mass is 239 g/mol. The molecule has 0 unspecified atom stereocenters. The summed E-state index contributed by atoms with van der Waals surface area (Å²) < 4.78 is 1.69. The smallest absolute Gasteiger partial charge is 0.251 e. The Hall–Kier alpha value is -2.61. The summed E-state index contributed by atoms with van der Waals surface area (Å²) in [4.78, 5) is 13.8. The van der Waals surface area contributed by atoms with Gasteiger partial charge in [0, 0.05) is 26.5 Å². The molecular formula is C13H13N5. The van der Waals surface area contributed by atoms with E-state index in [2.05, 4.69) is 14.8 Å². The van der Waals surface area contributed by atoms with E-state index in [0.717, 1.165) is 11.4 Å². The molecule has 18 heavy (non-hydrogen) atoms. The molecule has 0 amide bonds. The van der Waals surface area contributed by atoms with Crippen LogP contribution in [0.1, 0.15) is 0 Å². The molecule has 0 saturated carbocycles. The first kappa shape index (κ1) is 11.9. The Balaban J connectivity index is 2.34. The molecule has 0 radical (unpaired) electrons. The normalized spacial score (nSPS) is 11.1. The molecule has 0 spiro atoms. The van der Waals surface area contributed by atoms with Gasteiger partial charge in [-0.2, -0.15) is 0 Å². The fourth-order valence-corrected chi connectivity index (χ4v) is 1.48. The molecule has 0 bridgehead atoms. The van der Waals surface area contributed by atoms with Crippen LogP contribution >= 0.6 is 0 Å². The number of hydrogen-bond donors (Lipinski definition) is 0. The quantitative estimate of drug-likeness (QED) is 0.770. The molecule has 0 aliphatic rings. The van der Waals surface area contributed by atoms with Gasteiger partial charge in [0.25, 0.3) is 5.82 Å². The van der Waals surface area contributed by atoms with Crippen LogP contribution in [0.15, 0.2) is 43.1 Å². The first-order chi connectivity index (χ1) is 8.70. The van der Waals surface area contributed by atoms with E-state index in [4.69, 9.17) is 6.57 Å². The number of pyridine rings is 1. The molecule has 0 saturated heterocycles. The summed E-state index contributed by atoms with van der Waals surface area (Å²) >= 11 is 0. The highest BCUT2D eigenvalue weighted by molar-refractivity contribution is 5.58. The largest absolute Gasteiger partial charge is 0.392 e. The van der Waals surface area contributed by atoms with E-state index >= 15 is 0 Å². The second-order valence-corrected chi connectivity index (χ2v) is 3.94. The van der Waals surface area contributed by atoms with Crippen LogP contribution in [0.3, 0.4) is 0 Å². The SMILES string of the molecule is [C-]#[N+]/C(=C/N(C)C)n1cnc(-c2ccccn2)c1. The van der Waals surface area contributed by atoms with Crippen molar-refractivity contribution in [2.24, 2.45) is 0 Å². The minimum Gasteiger partial charge on any atom is -0.392 e. The number of hydrogen-bond acceptors (Lipinski definition) is 3. The van der Waals surface area contributed by atoms with Crippen LogP contribution in [0.5, 0.6) is 0 Å². The summed E-state index contributed by atoms with van der Waals surface area (Å²) in [7, 11) is 3.75. The molecule has 5 heteroatoms. The maximum Gasteiger partial charge on any atom is 0.251 e. The van der Waals surface area contributed by atoms with E-state index in [0.29, 0.717) is 5.82 Å². The van der Waals surface area contributed by atoms with Gasteiger partial charge in [-0.1, -0.05) is 12.6 Å². The topological polar surface area (TPSA) is 38.3 Å². The average molecular weight is 239 g/mol. The van der Waals surface area contributed by atoms with Crippen LogP contribution < -0.4 is 0 Å². The van der Waals surface area contributed by atoms with E-state index in [1.807, 2.05) is 37.2 Å². The lowest BCUT2D eigenvalue weighted by atomic mass is 10.3. The molecular weight excluding hydrogens is 226 g/mol. The fraction of sp³-hybridized carbons (Fsp3) is 0.154. The van der Waals surface area contributed by atoms with Crippen molar-refractivity contribution < 1.29 is 0 Å². The van der Waals surface area contributed by atoms with Crippen LogP contribution in [0.2, 0.25) is 0 Å². The molecule has 2 aromatic heterocycles. The van der Waals surface area contributed by atoms with Gasteiger partial charge in [0.05, 0.1) is 5.69 Å². The van der Waals surface area contributed by atoms with Crippen molar-refractivity contribution in [3.05, 3.63) is 54.5 Å². The fourth-order valence-electron chi connectivity index (χ4n) is 1.48. The Morgan fingerprint density at radius 1 is 1.33 bits per heavy atom. The maximum atomic E-state index is 7.17. The second-order valence-electron chi connectivity index (χ2n) is 3.94. The van der Waals surface area contributed by atoms with E-state index in [9.17, 15) is 0 Å². The Kier molecular flexibility index (Phi) is 3.39. The van der Waals surface area contributed by atoms with Crippen molar-refractivity contribution >= 4 is 5.82 Å². The van der Waals surface area contributed by atoms with Gasteiger partial charge in [0.15, 0.2) is 6.33 Å². The van der Waals surface area contributed by atoms with E-state index in [1.165, 1.54) is 0 Å². The molecule has 0 aliphatic carbocycles. The van der Waals surface area contributed by atoms with Gasteiger partial charge < -0.3 is 9.74 Å². The lowest BCUT2D eigenvalue weighted by Crippen LogP contribution is -2.03. The van der Waals surface area contributed by atoms with Crippen molar-refractivity contribution in [2.45, 2.75) is 0 Å². The van der Waals surface area contributed by atoms with Crippen molar-refractivity contribution in [3.63, 3.8) is 0 Å². The summed E-state index contributed by atoms with van der Waals surface area (Å²) in [6.07, 6.45) is 6.89. The predicted molar refractivity (Wildman–Crippen MR) is 70.0 cm³/mol. The van der Waals surface area contributed by atoms with Gasteiger partial charge in [-0.05, 0) is 12.1 Å². The Morgan fingerprint density at radius 3 is 2.78 bits per heavy atom. The van der Waals surface area contributed by atoms with Crippen molar-refractivity contribution in [1.82, 2.24) is 19.4 Å². The third-order valence-electron chi connectivity index (χ3n) is 2.26. The van der Waals surface area contributed by atoms with Crippen LogP contribution in [0.4, 0.5) is 0 Å². The molecule has 5 nitrogen and oxygen atoms in total. The zero-order valence-electron chi connectivity index (χ0n) is 10.3. The minimum absolute atomic E-state index is 0.495. The second kappa shape index (κ2) is 5.15. The number of nitrogens with zero attached hydrogens (tertiary/aromatic N) is 5. The zero-order chi connectivity index (χ0) is 13.0. The summed E-state index contributed by atoms with van der Waals surface area (Å²) in [6, 6.07) is 5.66. The van der Waals surface area contributed by atoms with Gasteiger partial charge in [0.2, 0.25) is 0 Å². The van der Waals surface area contributed by atoms with Crippen LogP contribution in [-0.4, -0.2) is 33.5 Å². The molecule has 2 heterocycles. The van der Waals surface area contributed by atoms with Crippen molar-refractivity contribution in [2.75, 3.05) is 14.1 Å². The van der Waals surface area contributed by atoms with Crippen molar-refractivity contribution in [1.29, 1.82) is 0 Å². The highest BCUT2D eigenvalue weighted by Crippen LogP contribution is 2.16. The molecule has 0 aromatic carbocycles. The summed E-state index contributed by atoms with van der Waals surface area (Å²) in [5, 5.41) is 0. The standard InChI is InChI=1S/C13H13N5/c1-14-13(9-17(2)3)18-8-12(16-10-18)11-6-4-5-7-15-11/h4-10H,2-3H3/b13-9-. The Labute approximate surface area is 106 Å².